The molecule has 0 spiro atoms. The number of aliphatic hydroxyl groups is 1. The maximum atomic E-state index is 10.0. The van der Waals surface area contributed by atoms with Crippen LogP contribution in [0.25, 0.3) is 0 Å². The highest BCUT2D eigenvalue weighted by atomic mass is 16.6. The summed E-state index contributed by atoms with van der Waals surface area (Å²) in [6.07, 6.45) is 4.14. The Bertz CT molecular complexity index is 292. The van der Waals surface area contributed by atoms with Gasteiger partial charge in [0.2, 0.25) is 0 Å². The highest BCUT2D eigenvalue weighted by molar-refractivity contribution is 4.99. The molecule has 2 aliphatic rings. The standard InChI is InChI=1S/C14H26O3/c1-12(2)8-6-11(16-12)14(5)9-7-10(17-14)13(3,4)15/h10-11,15H,6-9H2,1-5H3/t10-,11-,14-/m1/s1. The molecule has 2 saturated heterocycles. The zero-order valence-corrected chi connectivity index (χ0v) is 11.7. The summed E-state index contributed by atoms with van der Waals surface area (Å²) in [5.41, 5.74) is -1.01. The predicted molar refractivity (Wildman–Crippen MR) is 67.0 cm³/mol. The minimum absolute atomic E-state index is 0.0240. The minimum Gasteiger partial charge on any atom is -0.388 e. The first-order valence-corrected chi connectivity index (χ1v) is 6.70. The Balaban J connectivity index is 2.03. The molecule has 3 nitrogen and oxygen atoms in total. The summed E-state index contributed by atoms with van der Waals surface area (Å²) in [6.45, 7) is 10.0. The third-order valence-electron chi connectivity index (χ3n) is 4.25. The summed E-state index contributed by atoms with van der Waals surface area (Å²) in [4.78, 5) is 0. The average molecular weight is 242 g/mol. The lowest BCUT2D eigenvalue weighted by Crippen LogP contribution is -2.44. The van der Waals surface area contributed by atoms with Gasteiger partial charge in [-0.05, 0) is 60.3 Å². The first kappa shape index (κ1) is 13.3. The molecule has 3 atom stereocenters. The first-order chi connectivity index (χ1) is 7.62. The molecule has 2 fully saturated rings. The van der Waals surface area contributed by atoms with Gasteiger partial charge in [0, 0.05) is 0 Å². The lowest BCUT2D eigenvalue weighted by atomic mass is 9.91. The second-order valence-corrected chi connectivity index (χ2v) is 7.02. The maximum Gasteiger partial charge on any atom is 0.0921 e. The van der Waals surface area contributed by atoms with Crippen molar-refractivity contribution < 1.29 is 14.6 Å². The second-order valence-electron chi connectivity index (χ2n) is 7.02. The summed E-state index contributed by atoms with van der Waals surface area (Å²) in [5.74, 6) is 0. The van der Waals surface area contributed by atoms with E-state index in [9.17, 15) is 5.11 Å². The molecule has 2 heterocycles. The van der Waals surface area contributed by atoms with Gasteiger partial charge in [-0.2, -0.15) is 0 Å². The van der Waals surface area contributed by atoms with E-state index in [0.29, 0.717) is 0 Å². The molecule has 0 radical (unpaired) electrons. The molecule has 0 aliphatic carbocycles. The molecule has 0 unspecified atom stereocenters. The molecular weight excluding hydrogens is 216 g/mol. The molecule has 0 aromatic carbocycles. The van der Waals surface area contributed by atoms with E-state index in [0.717, 1.165) is 25.7 Å². The van der Waals surface area contributed by atoms with Crippen LogP contribution < -0.4 is 0 Å². The van der Waals surface area contributed by atoms with Crippen molar-refractivity contribution in [2.24, 2.45) is 0 Å². The Morgan fingerprint density at radius 1 is 1.06 bits per heavy atom. The van der Waals surface area contributed by atoms with Gasteiger partial charge in [-0.1, -0.05) is 0 Å². The van der Waals surface area contributed by atoms with Crippen LogP contribution in [0.5, 0.6) is 0 Å². The van der Waals surface area contributed by atoms with Crippen LogP contribution in [0, 0.1) is 0 Å². The van der Waals surface area contributed by atoms with Crippen molar-refractivity contribution >= 4 is 0 Å². The number of ether oxygens (including phenoxy) is 2. The molecule has 0 saturated carbocycles. The summed E-state index contributed by atoms with van der Waals surface area (Å²) < 4.78 is 12.2. The average Bonchev–Trinajstić information content (AvgIpc) is 2.69. The highest BCUT2D eigenvalue weighted by Crippen LogP contribution is 2.44. The van der Waals surface area contributed by atoms with E-state index in [-0.39, 0.29) is 23.4 Å². The van der Waals surface area contributed by atoms with Crippen LogP contribution in [0.2, 0.25) is 0 Å². The fraction of sp³-hybridized carbons (Fsp3) is 1.00. The molecule has 0 amide bonds. The Kier molecular flexibility index (Phi) is 3.08. The van der Waals surface area contributed by atoms with Crippen molar-refractivity contribution in [1.82, 2.24) is 0 Å². The molecular formula is C14H26O3. The van der Waals surface area contributed by atoms with Gasteiger partial charge in [-0.15, -0.1) is 0 Å². The smallest absolute Gasteiger partial charge is 0.0921 e. The quantitative estimate of drug-likeness (QED) is 0.809. The van der Waals surface area contributed by atoms with Gasteiger partial charge < -0.3 is 14.6 Å². The van der Waals surface area contributed by atoms with Crippen molar-refractivity contribution in [1.29, 1.82) is 0 Å². The van der Waals surface area contributed by atoms with E-state index >= 15 is 0 Å². The summed E-state index contributed by atoms with van der Waals surface area (Å²) in [5, 5.41) is 10.0. The van der Waals surface area contributed by atoms with Crippen LogP contribution in [-0.4, -0.2) is 34.1 Å². The maximum absolute atomic E-state index is 10.0. The Morgan fingerprint density at radius 3 is 2.12 bits per heavy atom. The Morgan fingerprint density at radius 2 is 1.71 bits per heavy atom. The van der Waals surface area contributed by atoms with Gasteiger partial charge in [-0.25, -0.2) is 0 Å². The van der Waals surface area contributed by atoms with Gasteiger partial charge in [0.25, 0.3) is 0 Å². The SMILES string of the molecule is CC1(C)CC[C@H]([C@@]2(C)CC[C@H](C(C)(C)O)O2)O1. The van der Waals surface area contributed by atoms with Crippen molar-refractivity contribution in [2.75, 3.05) is 0 Å². The Hall–Kier alpha value is -0.120. The van der Waals surface area contributed by atoms with E-state index in [1.807, 2.05) is 13.8 Å². The highest BCUT2D eigenvalue weighted by Gasteiger charge is 2.50. The van der Waals surface area contributed by atoms with Crippen molar-refractivity contribution in [3.63, 3.8) is 0 Å². The van der Waals surface area contributed by atoms with Crippen LogP contribution in [0.3, 0.4) is 0 Å². The van der Waals surface area contributed by atoms with E-state index < -0.39 is 5.60 Å². The molecule has 17 heavy (non-hydrogen) atoms. The van der Waals surface area contributed by atoms with Crippen LogP contribution in [0.15, 0.2) is 0 Å². The fourth-order valence-electron chi connectivity index (χ4n) is 3.01. The van der Waals surface area contributed by atoms with Crippen molar-refractivity contribution in [3.05, 3.63) is 0 Å². The van der Waals surface area contributed by atoms with E-state index in [2.05, 4.69) is 20.8 Å². The third-order valence-corrected chi connectivity index (χ3v) is 4.25. The van der Waals surface area contributed by atoms with Gasteiger partial charge in [0.15, 0.2) is 0 Å². The van der Waals surface area contributed by atoms with Crippen LogP contribution >= 0.6 is 0 Å². The van der Waals surface area contributed by atoms with Gasteiger partial charge in [0.05, 0.1) is 29.0 Å². The van der Waals surface area contributed by atoms with Crippen LogP contribution in [-0.2, 0) is 9.47 Å². The topological polar surface area (TPSA) is 38.7 Å². The molecule has 0 bridgehead atoms. The fourth-order valence-corrected chi connectivity index (χ4v) is 3.01. The largest absolute Gasteiger partial charge is 0.388 e. The van der Waals surface area contributed by atoms with Crippen LogP contribution in [0.1, 0.15) is 60.3 Å². The minimum atomic E-state index is -0.758. The van der Waals surface area contributed by atoms with Gasteiger partial charge in [0.1, 0.15) is 0 Å². The van der Waals surface area contributed by atoms with E-state index in [1.165, 1.54) is 0 Å². The summed E-state index contributed by atoms with van der Waals surface area (Å²) >= 11 is 0. The van der Waals surface area contributed by atoms with Crippen molar-refractivity contribution in [3.8, 4) is 0 Å². The monoisotopic (exact) mass is 242 g/mol. The Labute approximate surface area is 104 Å². The molecule has 2 aliphatic heterocycles. The summed E-state index contributed by atoms with van der Waals surface area (Å²) in [7, 11) is 0. The molecule has 1 N–H and O–H groups in total. The predicted octanol–water partition coefficient (Wildman–Crippen LogP) is 2.65. The lowest BCUT2D eigenvalue weighted by Gasteiger charge is -2.34. The molecule has 100 valence electrons. The van der Waals surface area contributed by atoms with Crippen molar-refractivity contribution in [2.45, 2.75) is 89.3 Å². The molecule has 2 rings (SSSR count). The summed E-state index contributed by atoms with van der Waals surface area (Å²) in [6, 6.07) is 0. The number of hydrogen-bond acceptors (Lipinski definition) is 3. The molecule has 0 aromatic heterocycles. The third kappa shape index (κ3) is 2.67. The number of hydrogen-bond donors (Lipinski definition) is 1. The normalized spacial score (nSPS) is 42.0. The zero-order valence-electron chi connectivity index (χ0n) is 11.7. The van der Waals surface area contributed by atoms with Gasteiger partial charge in [-0.3, -0.25) is 0 Å². The number of rotatable bonds is 2. The zero-order chi connectivity index (χ0) is 12.9. The van der Waals surface area contributed by atoms with E-state index in [4.69, 9.17) is 9.47 Å². The molecule has 3 heteroatoms. The lowest BCUT2D eigenvalue weighted by molar-refractivity contribution is -0.172. The first-order valence-electron chi connectivity index (χ1n) is 6.70. The van der Waals surface area contributed by atoms with Gasteiger partial charge >= 0.3 is 0 Å². The second kappa shape index (κ2) is 3.94. The van der Waals surface area contributed by atoms with Crippen LogP contribution in [0.4, 0.5) is 0 Å². The molecule has 0 aromatic rings. The van der Waals surface area contributed by atoms with E-state index in [1.54, 1.807) is 0 Å².